The van der Waals surface area contributed by atoms with Crippen molar-refractivity contribution in [1.29, 1.82) is 0 Å². The van der Waals surface area contributed by atoms with E-state index in [1.54, 1.807) is 16.7 Å². The van der Waals surface area contributed by atoms with Gasteiger partial charge in [-0.15, -0.1) is 5.10 Å². The van der Waals surface area contributed by atoms with E-state index in [9.17, 15) is 4.79 Å². The Bertz CT molecular complexity index is 435. The molecule has 0 aliphatic carbocycles. The van der Waals surface area contributed by atoms with E-state index < -0.39 is 0 Å². The molecule has 0 saturated carbocycles. The van der Waals surface area contributed by atoms with Crippen LogP contribution in [-0.2, 0) is 11.3 Å². The van der Waals surface area contributed by atoms with Crippen LogP contribution in [-0.4, -0.2) is 58.4 Å². The van der Waals surface area contributed by atoms with Crippen molar-refractivity contribution in [3.05, 3.63) is 5.82 Å². The Labute approximate surface area is 105 Å². The third-order valence-electron chi connectivity index (χ3n) is 3.46. The summed E-state index contributed by atoms with van der Waals surface area (Å²) >= 11 is 0. The lowest BCUT2D eigenvalue weighted by molar-refractivity contribution is 0.0192. The minimum atomic E-state index is -0.0907. The lowest BCUT2D eigenvalue weighted by Gasteiger charge is -2.39. The molecular weight excluding hydrogens is 234 g/mol. The maximum Gasteiger partial charge on any atom is 0.293 e. The molecule has 7 nitrogen and oxygen atoms in total. The van der Waals surface area contributed by atoms with Gasteiger partial charge in [-0.25, -0.2) is 4.68 Å². The van der Waals surface area contributed by atoms with Crippen molar-refractivity contribution in [2.45, 2.75) is 25.4 Å². The van der Waals surface area contributed by atoms with Crippen LogP contribution in [0, 0.1) is 0 Å². The Morgan fingerprint density at radius 1 is 1.56 bits per heavy atom. The Hall–Kier alpha value is -1.63. The highest BCUT2D eigenvalue weighted by Crippen LogP contribution is 2.21. The van der Waals surface area contributed by atoms with E-state index >= 15 is 0 Å². The number of hydrogen-bond donors (Lipinski definition) is 1. The van der Waals surface area contributed by atoms with Crippen LogP contribution >= 0.6 is 0 Å². The van der Waals surface area contributed by atoms with Crippen LogP contribution in [0.1, 0.15) is 23.5 Å². The average Bonchev–Trinajstić information content (AvgIpc) is 2.78. The first kappa shape index (κ1) is 11.5. The van der Waals surface area contributed by atoms with Gasteiger partial charge in [0.1, 0.15) is 0 Å². The van der Waals surface area contributed by atoms with Gasteiger partial charge in [0.2, 0.25) is 11.8 Å². The van der Waals surface area contributed by atoms with Crippen LogP contribution in [0.25, 0.3) is 0 Å². The van der Waals surface area contributed by atoms with Crippen molar-refractivity contribution < 1.29 is 9.53 Å². The molecule has 2 aliphatic rings. The van der Waals surface area contributed by atoms with E-state index in [1.165, 1.54) is 0 Å². The number of fused-ring (bicyclic) bond motifs is 1. The van der Waals surface area contributed by atoms with Crippen molar-refractivity contribution >= 4 is 11.9 Å². The second-order valence-electron chi connectivity index (χ2n) is 4.66. The van der Waals surface area contributed by atoms with Crippen molar-refractivity contribution in [3.8, 4) is 0 Å². The normalized spacial score (nSPS) is 22.1. The fourth-order valence-electron chi connectivity index (χ4n) is 2.35. The van der Waals surface area contributed by atoms with Gasteiger partial charge in [0.05, 0.1) is 12.6 Å². The highest BCUT2D eigenvalue weighted by molar-refractivity contribution is 5.91. The van der Waals surface area contributed by atoms with Gasteiger partial charge in [-0.3, -0.25) is 4.79 Å². The van der Waals surface area contributed by atoms with Gasteiger partial charge in [0.25, 0.3) is 5.91 Å². The lowest BCUT2D eigenvalue weighted by Crippen LogP contribution is -2.53. The van der Waals surface area contributed by atoms with Gasteiger partial charge < -0.3 is 15.0 Å². The maximum absolute atomic E-state index is 12.2. The molecule has 1 aromatic rings. The lowest BCUT2D eigenvalue weighted by atomic mass is 10.0. The number of nitrogens with zero attached hydrogens (tertiary/aromatic N) is 4. The summed E-state index contributed by atoms with van der Waals surface area (Å²) in [6.07, 6.45) is 2.01. The summed E-state index contributed by atoms with van der Waals surface area (Å²) in [5.74, 6) is 0.903. The first-order chi connectivity index (χ1) is 8.79. The van der Waals surface area contributed by atoms with E-state index in [0.29, 0.717) is 18.4 Å². The molecule has 98 valence electrons. The zero-order chi connectivity index (χ0) is 12.5. The van der Waals surface area contributed by atoms with Crippen LogP contribution in [0.5, 0.6) is 0 Å². The molecule has 18 heavy (non-hydrogen) atoms. The molecule has 2 aliphatic heterocycles. The highest BCUT2D eigenvalue weighted by atomic mass is 16.5. The van der Waals surface area contributed by atoms with E-state index in [-0.39, 0.29) is 11.9 Å². The third kappa shape index (κ3) is 1.84. The molecule has 0 spiro atoms. The van der Waals surface area contributed by atoms with E-state index in [2.05, 4.69) is 15.4 Å². The summed E-state index contributed by atoms with van der Waals surface area (Å²) in [4.78, 5) is 18.3. The van der Waals surface area contributed by atoms with Gasteiger partial charge in [-0.1, -0.05) is 0 Å². The molecule has 7 heteroatoms. The third-order valence-corrected chi connectivity index (χ3v) is 3.46. The number of likely N-dealkylation sites (tertiary alicyclic amines) is 1. The monoisotopic (exact) mass is 251 g/mol. The summed E-state index contributed by atoms with van der Waals surface area (Å²) in [7, 11) is 1.65. The Balaban J connectivity index is 1.74. The molecule has 1 N–H and O–H groups in total. The molecule has 0 bridgehead atoms. The maximum atomic E-state index is 12.2. The van der Waals surface area contributed by atoms with Gasteiger partial charge in [-0.05, 0) is 12.8 Å². The number of aryl methyl sites for hydroxylation is 1. The molecule has 1 saturated heterocycles. The molecule has 0 radical (unpaired) electrons. The number of rotatable bonds is 3. The summed E-state index contributed by atoms with van der Waals surface area (Å²) in [6.45, 7) is 3.06. The minimum Gasteiger partial charge on any atom is -0.383 e. The zero-order valence-electron chi connectivity index (χ0n) is 10.4. The van der Waals surface area contributed by atoms with Gasteiger partial charge >= 0.3 is 0 Å². The molecule has 0 aromatic carbocycles. The molecule has 3 heterocycles. The summed E-state index contributed by atoms with van der Waals surface area (Å²) < 4.78 is 6.86. The number of carbonyl (C=O) groups excluding carboxylic acids is 1. The number of carbonyl (C=O) groups is 1. The largest absolute Gasteiger partial charge is 0.383 e. The first-order valence-corrected chi connectivity index (χ1v) is 6.28. The minimum absolute atomic E-state index is 0.0907. The predicted molar refractivity (Wildman–Crippen MR) is 64.4 cm³/mol. The Kier molecular flexibility index (Phi) is 2.91. The molecular formula is C11H17N5O2. The highest BCUT2D eigenvalue weighted by Gasteiger charge is 2.35. The zero-order valence-corrected chi connectivity index (χ0v) is 10.4. The van der Waals surface area contributed by atoms with E-state index in [1.807, 2.05) is 0 Å². The predicted octanol–water partition coefficient (Wildman–Crippen LogP) is -0.0454. The van der Waals surface area contributed by atoms with Gasteiger partial charge in [-0.2, -0.15) is 4.98 Å². The quantitative estimate of drug-likeness (QED) is 0.815. The standard InChI is InChI=1S/C11H17N5O2/c1-18-7-8-3-6-15(8)10(17)9-13-11-12-4-2-5-16(11)14-9/h8H,2-7H2,1H3,(H,12,13,14)/t8-/m1/s1. The first-order valence-electron chi connectivity index (χ1n) is 6.28. The summed E-state index contributed by atoms with van der Waals surface area (Å²) in [5.41, 5.74) is 0. The second kappa shape index (κ2) is 4.56. The van der Waals surface area contributed by atoms with Crippen LogP contribution < -0.4 is 5.32 Å². The van der Waals surface area contributed by atoms with E-state index in [0.717, 1.165) is 32.5 Å². The molecule has 3 rings (SSSR count). The number of nitrogens with one attached hydrogen (secondary N) is 1. The number of hydrogen-bond acceptors (Lipinski definition) is 5. The van der Waals surface area contributed by atoms with Crippen molar-refractivity contribution in [3.63, 3.8) is 0 Å². The number of methoxy groups -OCH3 is 1. The second-order valence-corrected chi connectivity index (χ2v) is 4.66. The van der Waals surface area contributed by atoms with Crippen molar-refractivity contribution in [2.24, 2.45) is 0 Å². The van der Waals surface area contributed by atoms with Crippen LogP contribution in [0.2, 0.25) is 0 Å². The van der Waals surface area contributed by atoms with Crippen molar-refractivity contribution in [1.82, 2.24) is 19.7 Å². The smallest absolute Gasteiger partial charge is 0.293 e. The summed E-state index contributed by atoms with van der Waals surface area (Å²) in [5, 5.41) is 7.40. The van der Waals surface area contributed by atoms with Gasteiger partial charge in [0, 0.05) is 26.7 Å². The number of ether oxygens (including phenoxy) is 1. The molecule has 0 unspecified atom stereocenters. The fraction of sp³-hybridized carbons (Fsp3) is 0.727. The molecule has 1 amide bonds. The van der Waals surface area contributed by atoms with Crippen LogP contribution in [0.4, 0.5) is 5.95 Å². The van der Waals surface area contributed by atoms with Crippen molar-refractivity contribution in [2.75, 3.05) is 32.1 Å². The molecule has 1 aromatic heterocycles. The van der Waals surface area contributed by atoms with E-state index in [4.69, 9.17) is 4.74 Å². The molecule has 1 fully saturated rings. The Morgan fingerprint density at radius 3 is 3.11 bits per heavy atom. The number of aromatic nitrogens is 3. The number of anilines is 1. The topological polar surface area (TPSA) is 72.3 Å². The fourth-order valence-corrected chi connectivity index (χ4v) is 2.35. The van der Waals surface area contributed by atoms with Crippen LogP contribution in [0.3, 0.4) is 0 Å². The average molecular weight is 251 g/mol. The van der Waals surface area contributed by atoms with Gasteiger partial charge in [0.15, 0.2) is 0 Å². The Morgan fingerprint density at radius 2 is 2.44 bits per heavy atom. The SMILES string of the molecule is COC[C@H]1CCN1C(=O)c1nc2n(n1)CCCN2. The summed E-state index contributed by atoms with van der Waals surface area (Å²) in [6, 6.07) is 0.177. The number of amides is 1. The molecule has 1 atom stereocenters. The van der Waals surface area contributed by atoms with Crippen LogP contribution in [0.15, 0.2) is 0 Å².